The number of rotatable bonds is 6. The first-order valence-corrected chi connectivity index (χ1v) is 4.83. The maximum atomic E-state index is 10.9. The third-order valence-electron chi connectivity index (χ3n) is 2.63. The smallest absolute Gasteiger partial charge is 0.326 e. The SMILES string of the molecule is CCC(C)(C)OCC(C)(NC)C(=O)O. The highest BCUT2D eigenvalue weighted by Crippen LogP contribution is 2.16. The predicted molar refractivity (Wildman–Crippen MR) is 55.4 cm³/mol. The summed E-state index contributed by atoms with van der Waals surface area (Å²) in [5.41, 5.74) is -1.28. The molecule has 0 saturated heterocycles. The molecule has 0 aromatic rings. The van der Waals surface area contributed by atoms with Gasteiger partial charge in [-0.2, -0.15) is 0 Å². The van der Waals surface area contributed by atoms with E-state index in [1.807, 2.05) is 20.8 Å². The Morgan fingerprint density at radius 2 is 1.93 bits per heavy atom. The zero-order chi connectivity index (χ0) is 11.4. The van der Waals surface area contributed by atoms with Gasteiger partial charge in [-0.1, -0.05) is 6.92 Å². The Morgan fingerprint density at radius 1 is 1.43 bits per heavy atom. The fourth-order valence-electron chi connectivity index (χ4n) is 0.683. The molecule has 1 unspecified atom stereocenters. The molecule has 0 aliphatic rings. The highest BCUT2D eigenvalue weighted by atomic mass is 16.5. The Morgan fingerprint density at radius 3 is 2.21 bits per heavy atom. The van der Waals surface area contributed by atoms with Crippen molar-refractivity contribution in [1.82, 2.24) is 5.32 Å². The lowest BCUT2D eigenvalue weighted by molar-refractivity contribution is -0.149. The third kappa shape index (κ3) is 3.64. The van der Waals surface area contributed by atoms with E-state index in [1.165, 1.54) is 0 Å². The topological polar surface area (TPSA) is 58.6 Å². The number of nitrogens with one attached hydrogen (secondary N) is 1. The fourth-order valence-corrected chi connectivity index (χ4v) is 0.683. The second kappa shape index (κ2) is 4.75. The summed E-state index contributed by atoms with van der Waals surface area (Å²) in [5.74, 6) is -0.896. The van der Waals surface area contributed by atoms with Gasteiger partial charge >= 0.3 is 5.97 Å². The van der Waals surface area contributed by atoms with Gasteiger partial charge in [0.05, 0.1) is 12.2 Å². The van der Waals surface area contributed by atoms with Crippen LogP contribution in [0.4, 0.5) is 0 Å². The maximum absolute atomic E-state index is 10.9. The van der Waals surface area contributed by atoms with Crippen molar-refractivity contribution < 1.29 is 14.6 Å². The lowest BCUT2D eigenvalue weighted by Crippen LogP contribution is -2.52. The standard InChI is InChI=1S/C10H21NO3/c1-6-9(2,3)14-7-10(4,11-5)8(12)13/h11H,6-7H2,1-5H3,(H,12,13). The van der Waals surface area contributed by atoms with Crippen LogP contribution in [-0.2, 0) is 9.53 Å². The minimum absolute atomic E-state index is 0.166. The zero-order valence-electron chi connectivity index (χ0n) is 9.68. The molecule has 0 aliphatic heterocycles. The average Bonchev–Trinajstić information content (AvgIpc) is 2.14. The Bertz CT molecular complexity index is 204. The van der Waals surface area contributed by atoms with Crippen LogP contribution >= 0.6 is 0 Å². The van der Waals surface area contributed by atoms with Crippen LogP contribution in [0.25, 0.3) is 0 Å². The van der Waals surface area contributed by atoms with Crippen molar-refractivity contribution in [3.8, 4) is 0 Å². The van der Waals surface area contributed by atoms with Gasteiger partial charge in [-0.05, 0) is 34.2 Å². The van der Waals surface area contributed by atoms with Gasteiger partial charge < -0.3 is 15.2 Å². The molecule has 0 rings (SSSR count). The van der Waals surface area contributed by atoms with Crippen molar-refractivity contribution in [2.24, 2.45) is 0 Å². The Hall–Kier alpha value is -0.610. The first kappa shape index (κ1) is 13.4. The van der Waals surface area contributed by atoms with Crippen LogP contribution in [0, 0.1) is 0 Å². The summed E-state index contributed by atoms with van der Waals surface area (Å²) in [5, 5.41) is 11.7. The van der Waals surface area contributed by atoms with Crippen LogP contribution in [0.3, 0.4) is 0 Å². The van der Waals surface area contributed by atoms with Crippen molar-refractivity contribution in [1.29, 1.82) is 0 Å². The second-order valence-corrected chi connectivity index (χ2v) is 4.29. The van der Waals surface area contributed by atoms with Gasteiger partial charge in [0.1, 0.15) is 5.54 Å². The number of carboxylic acids is 1. The number of hydrogen-bond acceptors (Lipinski definition) is 3. The Balaban J connectivity index is 4.29. The minimum Gasteiger partial charge on any atom is -0.480 e. The van der Waals surface area contributed by atoms with E-state index in [4.69, 9.17) is 9.84 Å². The summed E-state index contributed by atoms with van der Waals surface area (Å²) >= 11 is 0. The second-order valence-electron chi connectivity index (χ2n) is 4.29. The minimum atomic E-state index is -1.01. The lowest BCUT2D eigenvalue weighted by atomic mass is 10.0. The van der Waals surface area contributed by atoms with Gasteiger partial charge in [-0.15, -0.1) is 0 Å². The summed E-state index contributed by atoms with van der Waals surface area (Å²) in [4.78, 5) is 10.9. The van der Waals surface area contributed by atoms with E-state index in [2.05, 4.69) is 5.32 Å². The number of aliphatic carboxylic acids is 1. The third-order valence-corrected chi connectivity index (χ3v) is 2.63. The summed E-state index contributed by atoms with van der Waals surface area (Å²) < 4.78 is 5.55. The summed E-state index contributed by atoms with van der Waals surface area (Å²) in [6.07, 6.45) is 0.854. The quantitative estimate of drug-likeness (QED) is 0.682. The van der Waals surface area contributed by atoms with Crippen molar-refractivity contribution in [2.45, 2.75) is 45.3 Å². The Labute approximate surface area is 85.6 Å². The van der Waals surface area contributed by atoms with E-state index in [-0.39, 0.29) is 12.2 Å². The van der Waals surface area contributed by atoms with Gasteiger partial charge in [0.25, 0.3) is 0 Å². The molecule has 0 radical (unpaired) electrons. The molecular weight excluding hydrogens is 182 g/mol. The van der Waals surface area contributed by atoms with Gasteiger partial charge in [0.15, 0.2) is 0 Å². The van der Waals surface area contributed by atoms with Crippen molar-refractivity contribution in [3.05, 3.63) is 0 Å². The lowest BCUT2D eigenvalue weighted by Gasteiger charge is -2.30. The fraction of sp³-hybridized carbons (Fsp3) is 0.900. The van der Waals surface area contributed by atoms with E-state index < -0.39 is 11.5 Å². The normalized spacial score (nSPS) is 16.4. The predicted octanol–water partition coefficient (Wildman–Crippen LogP) is 1.25. The molecular formula is C10H21NO3. The van der Waals surface area contributed by atoms with Crippen molar-refractivity contribution >= 4 is 5.97 Å². The number of likely N-dealkylation sites (N-methyl/N-ethyl adjacent to an activating group) is 1. The van der Waals surface area contributed by atoms with Gasteiger partial charge in [0.2, 0.25) is 0 Å². The zero-order valence-corrected chi connectivity index (χ0v) is 9.68. The maximum Gasteiger partial charge on any atom is 0.326 e. The molecule has 0 aliphatic carbocycles. The molecule has 0 fully saturated rings. The molecule has 2 N–H and O–H groups in total. The molecule has 0 heterocycles. The number of carbonyl (C=O) groups is 1. The van der Waals surface area contributed by atoms with E-state index >= 15 is 0 Å². The molecule has 0 amide bonds. The number of hydrogen-bond donors (Lipinski definition) is 2. The van der Waals surface area contributed by atoms with E-state index in [9.17, 15) is 4.79 Å². The molecule has 0 aromatic carbocycles. The molecule has 4 nitrogen and oxygen atoms in total. The van der Waals surface area contributed by atoms with Crippen LogP contribution in [-0.4, -0.2) is 35.9 Å². The van der Waals surface area contributed by atoms with Gasteiger partial charge in [-0.3, -0.25) is 4.79 Å². The van der Waals surface area contributed by atoms with Crippen LogP contribution in [0.5, 0.6) is 0 Å². The highest BCUT2D eigenvalue weighted by Gasteiger charge is 2.33. The summed E-state index contributed by atoms with van der Waals surface area (Å²) in [6, 6.07) is 0. The molecule has 14 heavy (non-hydrogen) atoms. The number of carboxylic acid groups (broad SMARTS) is 1. The van der Waals surface area contributed by atoms with E-state index in [1.54, 1.807) is 14.0 Å². The summed E-state index contributed by atoms with van der Waals surface area (Å²) in [7, 11) is 1.62. The first-order valence-electron chi connectivity index (χ1n) is 4.83. The van der Waals surface area contributed by atoms with Crippen molar-refractivity contribution in [2.75, 3.05) is 13.7 Å². The molecule has 0 aromatic heterocycles. The molecule has 0 spiro atoms. The van der Waals surface area contributed by atoms with Crippen LogP contribution < -0.4 is 5.32 Å². The highest BCUT2D eigenvalue weighted by molar-refractivity contribution is 5.78. The van der Waals surface area contributed by atoms with E-state index in [0.717, 1.165) is 6.42 Å². The monoisotopic (exact) mass is 203 g/mol. The number of ether oxygens (including phenoxy) is 1. The molecule has 4 heteroatoms. The largest absolute Gasteiger partial charge is 0.480 e. The Kier molecular flexibility index (Phi) is 4.55. The summed E-state index contributed by atoms with van der Waals surface area (Å²) in [6.45, 7) is 7.69. The van der Waals surface area contributed by atoms with Crippen LogP contribution in [0.2, 0.25) is 0 Å². The van der Waals surface area contributed by atoms with Gasteiger partial charge in [0, 0.05) is 0 Å². The van der Waals surface area contributed by atoms with E-state index in [0.29, 0.717) is 0 Å². The van der Waals surface area contributed by atoms with Gasteiger partial charge in [-0.25, -0.2) is 0 Å². The molecule has 1 atom stereocenters. The van der Waals surface area contributed by atoms with Crippen molar-refractivity contribution in [3.63, 3.8) is 0 Å². The van der Waals surface area contributed by atoms with Crippen LogP contribution in [0.15, 0.2) is 0 Å². The first-order chi connectivity index (χ1) is 6.27. The van der Waals surface area contributed by atoms with Crippen LogP contribution in [0.1, 0.15) is 34.1 Å². The average molecular weight is 203 g/mol. The molecule has 0 bridgehead atoms. The molecule has 0 saturated carbocycles. The molecule has 84 valence electrons.